The van der Waals surface area contributed by atoms with Gasteiger partial charge < -0.3 is 15.0 Å². The van der Waals surface area contributed by atoms with Crippen LogP contribution in [0.3, 0.4) is 0 Å². The maximum atomic E-state index is 12.8. The molecule has 2 aromatic heterocycles. The minimum Gasteiger partial charge on any atom is -0.372 e. The zero-order valence-electron chi connectivity index (χ0n) is 22.1. The summed E-state index contributed by atoms with van der Waals surface area (Å²) in [5.74, 6) is 0.783. The number of hydrogen-bond donors (Lipinski definition) is 1. The van der Waals surface area contributed by atoms with Crippen molar-refractivity contribution in [3.8, 4) is 11.3 Å². The number of sulfonamides is 1. The van der Waals surface area contributed by atoms with E-state index in [2.05, 4.69) is 35.1 Å². The van der Waals surface area contributed by atoms with Gasteiger partial charge in [0.05, 0.1) is 36.3 Å². The SMILES string of the molecule is C[C@@H]1CN(c2cccc(-c3ccc4cnc(CC(=O)N[C@H]5CCCN(S(C)(=O)=O)C5)cc4c3)n2)C[C@H](C)O1. The fraction of sp³-hybridized carbons (Fsp3) is 0.464. The predicted octanol–water partition coefficient (Wildman–Crippen LogP) is 2.99. The van der Waals surface area contributed by atoms with E-state index in [4.69, 9.17) is 9.72 Å². The van der Waals surface area contributed by atoms with Crippen molar-refractivity contribution in [2.75, 3.05) is 37.3 Å². The van der Waals surface area contributed by atoms with E-state index in [0.717, 1.165) is 53.8 Å². The number of ether oxygens (including phenoxy) is 1. The van der Waals surface area contributed by atoms with Crippen LogP contribution >= 0.6 is 0 Å². The van der Waals surface area contributed by atoms with Crippen LogP contribution in [0.4, 0.5) is 5.82 Å². The molecule has 9 nitrogen and oxygen atoms in total. The number of fused-ring (bicyclic) bond motifs is 1. The molecule has 0 unspecified atom stereocenters. The van der Waals surface area contributed by atoms with Crippen LogP contribution < -0.4 is 10.2 Å². The molecule has 1 N–H and O–H groups in total. The molecular weight excluding hydrogens is 502 g/mol. The standard InChI is InChI=1S/C28H35N5O4S/c1-19-16-32(17-20(2)37-19)27-8-4-7-26(31-27)21-9-10-22-15-29-25(13-23(22)12-21)14-28(34)30-24-6-5-11-33(18-24)38(3,35)36/h4,7-10,12-13,15,19-20,24H,5-6,11,14,16-18H2,1-3H3,(H,30,34)/t19-,20+,24-/m0/s1. The van der Waals surface area contributed by atoms with Gasteiger partial charge in [0, 0.05) is 49.4 Å². The molecule has 38 heavy (non-hydrogen) atoms. The van der Waals surface area contributed by atoms with Gasteiger partial charge in [-0.2, -0.15) is 0 Å². The normalized spacial score (nSPS) is 22.9. The molecule has 2 aliphatic heterocycles. The van der Waals surface area contributed by atoms with Gasteiger partial charge in [-0.25, -0.2) is 17.7 Å². The Morgan fingerprint density at radius 3 is 2.63 bits per heavy atom. The second-order valence-corrected chi connectivity index (χ2v) is 12.5. The molecule has 5 rings (SSSR count). The molecule has 0 spiro atoms. The lowest BCUT2D eigenvalue weighted by Gasteiger charge is -2.36. The molecular formula is C28H35N5O4S. The number of anilines is 1. The molecule has 0 bridgehead atoms. The first-order chi connectivity index (χ1) is 18.1. The number of rotatable bonds is 6. The average Bonchev–Trinajstić information content (AvgIpc) is 2.87. The van der Waals surface area contributed by atoms with Gasteiger partial charge in [0.15, 0.2) is 0 Å². The van der Waals surface area contributed by atoms with Gasteiger partial charge in [0.1, 0.15) is 5.82 Å². The Bertz CT molecular complexity index is 1420. The van der Waals surface area contributed by atoms with Crippen LogP contribution in [-0.2, 0) is 26.0 Å². The van der Waals surface area contributed by atoms with Crippen LogP contribution in [0, 0.1) is 0 Å². The lowest BCUT2D eigenvalue weighted by atomic mass is 10.0. The van der Waals surface area contributed by atoms with Gasteiger partial charge in [-0.15, -0.1) is 0 Å². The molecule has 2 saturated heterocycles. The number of pyridine rings is 2. The molecule has 2 aliphatic rings. The molecule has 10 heteroatoms. The van der Waals surface area contributed by atoms with Crippen LogP contribution in [0.2, 0.25) is 0 Å². The topological polar surface area (TPSA) is 105 Å². The molecule has 1 aromatic carbocycles. The molecule has 0 radical (unpaired) electrons. The number of morpholine rings is 1. The molecule has 4 heterocycles. The smallest absolute Gasteiger partial charge is 0.226 e. The number of aromatic nitrogens is 2. The van der Waals surface area contributed by atoms with E-state index in [1.807, 2.05) is 36.4 Å². The third kappa shape index (κ3) is 6.31. The van der Waals surface area contributed by atoms with E-state index < -0.39 is 10.0 Å². The van der Waals surface area contributed by atoms with Crippen LogP contribution in [-0.4, -0.2) is 79.3 Å². The number of carbonyl (C=O) groups is 1. The van der Waals surface area contributed by atoms with Gasteiger partial charge in [-0.1, -0.05) is 18.2 Å². The molecule has 2 fully saturated rings. The van der Waals surface area contributed by atoms with Crippen molar-refractivity contribution in [1.82, 2.24) is 19.6 Å². The van der Waals surface area contributed by atoms with Crippen molar-refractivity contribution in [3.05, 3.63) is 54.4 Å². The highest BCUT2D eigenvalue weighted by Crippen LogP contribution is 2.26. The third-order valence-corrected chi connectivity index (χ3v) is 8.38. The first-order valence-corrected chi connectivity index (χ1v) is 15.0. The second-order valence-electron chi connectivity index (χ2n) is 10.5. The number of carbonyl (C=O) groups excluding carboxylic acids is 1. The number of nitrogens with one attached hydrogen (secondary N) is 1. The van der Waals surface area contributed by atoms with Crippen molar-refractivity contribution in [1.29, 1.82) is 0 Å². The van der Waals surface area contributed by atoms with E-state index >= 15 is 0 Å². The Hall–Kier alpha value is -3.08. The van der Waals surface area contributed by atoms with Gasteiger partial charge in [-0.3, -0.25) is 9.78 Å². The van der Waals surface area contributed by atoms with Crippen LogP contribution in [0.1, 0.15) is 32.4 Å². The van der Waals surface area contributed by atoms with Gasteiger partial charge in [-0.05, 0) is 56.3 Å². The van der Waals surface area contributed by atoms with E-state index in [1.165, 1.54) is 10.6 Å². The summed E-state index contributed by atoms with van der Waals surface area (Å²) in [6.07, 6.45) is 4.94. The van der Waals surface area contributed by atoms with Crippen molar-refractivity contribution in [3.63, 3.8) is 0 Å². The highest BCUT2D eigenvalue weighted by atomic mass is 32.2. The summed E-state index contributed by atoms with van der Waals surface area (Å²) >= 11 is 0. The lowest BCUT2D eigenvalue weighted by molar-refractivity contribution is -0.121. The summed E-state index contributed by atoms with van der Waals surface area (Å²) in [4.78, 5) is 24.5. The number of piperidine rings is 1. The number of amides is 1. The zero-order valence-corrected chi connectivity index (χ0v) is 22.9. The fourth-order valence-electron chi connectivity index (χ4n) is 5.37. The van der Waals surface area contributed by atoms with Gasteiger partial charge >= 0.3 is 0 Å². The summed E-state index contributed by atoms with van der Waals surface area (Å²) in [7, 11) is -3.26. The Morgan fingerprint density at radius 2 is 1.87 bits per heavy atom. The Balaban J connectivity index is 1.30. The molecule has 1 amide bonds. The molecule has 3 atom stereocenters. The maximum absolute atomic E-state index is 12.8. The minimum atomic E-state index is -3.26. The summed E-state index contributed by atoms with van der Waals surface area (Å²) < 4.78 is 31.1. The Kier molecular flexibility index (Phi) is 7.65. The summed E-state index contributed by atoms with van der Waals surface area (Å²) in [5, 5.41) is 4.96. The highest BCUT2D eigenvalue weighted by Gasteiger charge is 2.27. The fourth-order valence-corrected chi connectivity index (χ4v) is 6.28. The van der Waals surface area contributed by atoms with Crippen molar-refractivity contribution < 1.29 is 17.9 Å². The van der Waals surface area contributed by atoms with E-state index in [9.17, 15) is 13.2 Å². The number of hydrogen-bond acceptors (Lipinski definition) is 7. The summed E-state index contributed by atoms with van der Waals surface area (Å²) in [6.45, 7) is 6.60. The van der Waals surface area contributed by atoms with Crippen molar-refractivity contribution in [2.24, 2.45) is 0 Å². The average molecular weight is 538 g/mol. The maximum Gasteiger partial charge on any atom is 0.226 e. The largest absolute Gasteiger partial charge is 0.372 e. The van der Waals surface area contributed by atoms with Gasteiger partial charge in [0.25, 0.3) is 0 Å². The van der Waals surface area contributed by atoms with E-state index in [1.54, 1.807) is 6.20 Å². The van der Waals surface area contributed by atoms with E-state index in [0.29, 0.717) is 18.8 Å². The van der Waals surface area contributed by atoms with E-state index in [-0.39, 0.29) is 30.6 Å². The summed E-state index contributed by atoms with van der Waals surface area (Å²) in [6, 6.07) is 14.0. The summed E-state index contributed by atoms with van der Waals surface area (Å²) in [5.41, 5.74) is 2.55. The first-order valence-electron chi connectivity index (χ1n) is 13.1. The predicted molar refractivity (Wildman–Crippen MR) is 148 cm³/mol. The minimum absolute atomic E-state index is 0.136. The van der Waals surface area contributed by atoms with Crippen molar-refractivity contribution >= 4 is 32.5 Å². The van der Waals surface area contributed by atoms with Crippen LogP contribution in [0.25, 0.3) is 22.0 Å². The third-order valence-electron chi connectivity index (χ3n) is 7.11. The lowest BCUT2D eigenvalue weighted by Crippen LogP contribution is -2.49. The Morgan fingerprint density at radius 1 is 1.08 bits per heavy atom. The zero-order chi connectivity index (χ0) is 26.9. The van der Waals surface area contributed by atoms with Crippen LogP contribution in [0.5, 0.6) is 0 Å². The molecule has 0 aliphatic carbocycles. The number of benzene rings is 1. The van der Waals surface area contributed by atoms with Crippen LogP contribution in [0.15, 0.2) is 48.7 Å². The highest BCUT2D eigenvalue weighted by molar-refractivity contribution is 7.88. The quantitative estimate of drug-likeness (QED) is 0.515. The number of nitrogens with zero attached hydrogens (tertiary/aromatic N) is 4. The second kappa shape index (κ2) is 11.0. The molecule has 202 valence electrons. The van der Waals surface area contributed by atoms with Crippen molar-refractivity contribution in [2.45, 2.75) is 51.4 Å². The monoisotopic (exact) mass is 537 g/mol. The van der Waals surface area contributed by atoms with Gasteiger partial charge in [0.2, 0.25) is 15.9 Å². The molecule has 0 saturated carbocycles. The molecule has 3 aromatic rings. The Labute approximate surface area is 224 Å². The first kappa shape index (κ1) is 26.5.